The second kappa shape index (κ2) is 23.5. The molecule has 1 fully saturated rings. The van der Waals surface area contributed by atoms with Crippen LogP contribution >= 0.6 is 21.6 Å². The molecule has 6 aromatic carbocycles. The van der Waals surface area contributed by atoms with Gasteiger partial charge in [0.25, 0.3) is 17.7 Å². The summed E-state index contributed by atoms with van der Waals surface area (Å²) in [5.74, 6) is -1.12. The van der Waals surface area contributed by atoms with Gasteiger partial charge in [0.1, 0.15) is 41.5 Å². The molecule has 0 radical (unpaired) electrons. The zero-order valence-electron chi connectivity index (χ0n) is 45.6. The lowest BCUT2D eigenvalue weighted by Crippen LogP contribution is -2.50. The topological polar surface area (TPSA) is 177 Å². The van der Waals surface area contributed by atoms with E-state index in [1.165, 1.54) is 51.9 Å². The molecule has 5 aliphatic rings. The highest BCUT2D eigenvalue weighted by Gasteiger charge is 2.31. The Bertz CT molecular complexity index is 4210. The van der Waals surface area contributed by atoms with Gasteiger partial charge < -0.3 is 39.1 Å². The van der Waals surface area contributed by atoms with Gasteiger partial charge in [-0.05, 0) is 124 Å². The van der Waals surface area contributed by atoms with Crippen LogP contribution in [0.3, 0.4) is 0 Å². The first-order chi connectivity index (χ1) is 39.8. The van der Waals surface area contributed by atoms with Crippen LogP contribution in [0.4, 0.5) is 11.4 Å². The first-order valence-electron chi connectivity index (χ1n) is 27.3. The van der Waals surface area contributed by atoms with E-state index in [-0.39, 0.29) is 45.6 Å². The Morgan fingerprint density at radius 2 is 1.10 bits per heavy atom. The Kier molecular flexibility index (Phi) is 15.7. The average Bonchev–Trinajstić information content (AvgIpc) is 3.68. The predicted octanol–water partition coefficient (Wildman–Crippen LogP) is 12.8. The van der Waals surface area contributed by atoms with Crippen molar-refractivity contribution in [3.05, 3.63) is 202 Å². The minimum Gasteiger partial charge on any atom is -0.508 e. The van der Waals surface area contributed by atoms with E-state index in [9.17, 15) is 34.2 Å². The largest absolute Gasteiger partial charge is 0.508 e. The van der Waals surface area contributed by atoms with Crippen LogP contribution in [0, 0.1) is 0 Å². The summed E-state index contributed by atoms with van der Waals surface area (Å²) in [4.78, 5) is 75.8. The summed E-state index contributed by atoms with van der Waals surface area (Å²) in [5, 5.41) is 26.2. The van der Waals surface area contributed by atoms with Crippen molar-refractivity contribution in [1.29, 1.82) is 0 Å². The molecule has 3 heterocycles. The molecule has 3 N–H and O–H groups in total. The molecule has 0 spiro atoms. The Morgan fingerprint density at radius 3 is 1.74 bits per heavy atom. The van der Waals surface area contributed by atoms with Crippen molar-refractivity contribution in [3.8, 4) is 50.7 Å². The smallest absolute Gasteiger partial charge is 0.336 e. The van der Waals surface area contributed by atoms with Crippen LogP contribution in [-0.2, 0) is 0 Å². The minimum atomic E-state index is -1.25. The SMILES string of the molecule is CCN(CC)c1ccc2c(-c3ccccc3C(=O)N3CCN(C(=O)c4ccccc4SSc4ccccc4C(=O)Nc4ccc(-c5c6ccc(=O)cc-6oc6cc(O)ccc56)c(C(=O)O)c4)CC3)c3ccc(=[N+](CC)CC)cc-3oc2c1. The molecule has 412 valence electrons. The summed E-state index contributed by atoms with van der Waals surface area (Å²) in [7, 11) is 2.66. The fourth-order valence-corrected chi connectivity index (χ4v) is 13.3. The molecule has 0 saturated carbocycles. The molecular formula is C66H58N5O9S2+. The molecule has 6 aromatic rings. The number of carbonyl (C=O) groups excluding carboxylic acids is 3. The van der Waals surface area contributed by atoms with Gasteiger partial charge in [-0.1, -0.05) is 70.1 Å². The summed E-state index contributed by atoms with van der Waals surface area (Å²) < 4.78 is 15.0. The number of carboxylic acids is 1. The number of carbonyl (C=O) groups is 4. The highest BCUT2D eigenvalue weighted by atomic mass is 33.1. The van der Waals surface area contributed by atoms with Crippen molar-refractivity contribution < 1.29 is 38.2 Å². The van der Waals surface area contributed by atoms with Gasteiger partial charge in [0.2, 0.25) is 5.36 Å². The van der Waals surface area contributed by atoms with Crippen molar-refractivity contribution in [2.45, 2.75) is 37.5 Å². The number of hydrogen-bond donors (Lipinski definition) is 3. The Morgan fingerprint density at radius 1 is 0.561 bits per heavy atom. The first kappa shape index (κ1) is 54.8. The zero-order valence-corrected chi connectivity index (χ0v) is 47.2. The lowest BCUT2D eigenvalue weighted by molar-refractivity contribution is 0.0534. The van der Waals surface area contributed by atoms with Crippen LogP contribution in [-0.4, -0.2) is 96.1 Å². The molecule has 14 nitrogen and oxygen atoms in total. The molecule has 0 atom stereocenters. The molecule has 11 rings (SSSR count). The van der Waals surface area contributed by atoms with E-state index < -0.39 is 11.9 Å². The summed E-state index contributed by atoms with van der Waals surface area (Å²) in [6, 6.07) is 48.1. The molecule has 0 unspecified atom stereocenters. The Balaban J connectivity index is 0.800. The lowest BCUT2D eigenvalue weighted by Gasteiger charge is -2.35. The molecule has 3 aliphatic heterocycles. The number of hydrogen-bond acceptors (Lipinski definition) is 11. The molecule has 0 aromatic heterocycles. The van der Waals surface area contributed by atoms with Crippen LogP contribution in [0.25, 0.3) is 66.8 Å². The number of nitrogens with one attached hydrogen (secondary N) is 1. The predicted molar refractivity (Wildman–Crippen MR) is 326 cm³/mol. The second-order valence-electron chi connectivity index (χ2n) is 19.8. The summed E-state index contributed by atoms with van der Waals surface area (Å²) in [5.41, 5.74) is 7.20. The van der Waals surface area contributed by atoms with Crippen molar-refractivity contribution >= 4 is 78.6 Å². The van der Waals surface area contributed by atoms with Gasteiger partial charge in [0.05, 0.1) is 22.8 Å². The van der Waals surface area contributed by atoms with E-state index in [4.69, 9.17) is 8.83 Å². The van der Waals surface area contributed by atoms with Crippen LogP contribution in [0.1, 0.15) is 69.1 Å². The van der Waals surface area contributed by atoms with E-state index in [1.54, 1.807) is 47.4 Å². The highest BCUT2D eigenvalue weighted by molar-refractivity contribution is 8.76. The number of phenolic OH excluding ortho intramolecular Hbond substituents is 1. The maximum absolute atomic E-state index is 14.8. The number of carboxylic acid groups (broad SMARTS) is 1. The summed E-state index contributed by atoms with van der Waals surface area (Å²) in [6.07, 6.45) is 0. The van der Waals surface area contributed by atoms with Gasteiger partial charge in [0, 0.05) is 123 Å². The van der Waals surface area contributed by atoms with E-state index >= 15 is 0 Å². The van der Waals surface area contributed by atoms with Crippen molar-refractivity contribution in [2.24, 2.45) is 0 Å². The van der Waals surface area contributed by atoms with E-state index in [1.807, 2.05) is 59.5 Å². The number of amides is 3. The number of benzene rings is 8. The first-order valence-corrected chi connectivity index (χ1v) is 29.4. The van der Waals surface area contributed by atoms with Crippen LogP contribution in [0.15, 0.2) is 187 Å². The molecule has 82 heavy (non-hydrogen) atoms. The number of phenols is 1. The van der Waals surface area contributed by atoms with E-state index in [2.05, 4.69) is 78.9 Å². The third-order valence-corrected chi connectivity index (χ3v) is 17.6. The number of nitrogens with zero attached hydrogens (tertiary/aromatic N) is 4. The number of aromatic hydroxyl groups is 1. The van der Waals surface area contributed by atoms with Crippen molar-refractivity contribution in [3.63, 3.8) is 0 Å². The number of piperazine rings is 1. The molecule has 0 bridgehead atoms. The van der Waals surface area contributed by atoms with Gasteiger partial charge in [-0.15, -0.1) is 0 Å². The van der Waals surface area contributed by atoms with Gasteiger partial charge in [-0.25, -0.2) is 9.37 Å². The quantitative estimate of drug-likeness (QED) is 0.0504. The van der Waals surface area contributed by atoms with Crippen molar-refractivity contribution in [2.75, 3.05) is 62.6 Å². The third-order valence-electron chi connectivity index (χ3n) is 15.2. The molecular weight excluding hydrogens is 1070 g/mol. The molecule has 16 heteroatoms. The van der Waals surface area contributed by atoms with Crippen LogP contribution in [0.2, 0.25) is 0 Å². The standard InChI is InChI=1S/C66H57N5O9S2/c1-5-68(6-2)41-22-27-48-55(36-41)79-56-37-42(69(7-3)8-4)23-28-49(56)61(48)45-15-9-10-16-47(45)64(75)70-31-33-71(34-32-70)65(76)53-18-12-14-20-60(53)82-81-59-19-13-11-17-52(59)63(74)67-40-21-26-46(54(35-40)66(77)78)62-50-29-24-43(72)38-57(50)80-58-39-44(73)25-30-51(58)62/h9-30,35-39H,5-8,31-34H2,1-4H3,(H2-,67,72,73,74,77,78)/p+1. The monoisotopic (exact) mass is 1130 g/mol. The number of rotatable bonds is 15. The minimum absolute atomic E-state index is 0.0660. The zero-order chi connectivity index (χ0) is 57.2. The normalized spacial score (nSPS) is 12.5. The number of anilines is 2. The highest BCUT2D eigenvalue weighted by Crippen LogP contribution is 2.45. The summed E-state index contributed by atoms with van der Waals surface area (Å²) >= 11 is 0. The molecule has 1 saturated heterocycles. The second-order valence-corrected chi connectivity index (χ2v) is 22.0. The van der Waals surface area contributed by atoms with Gasteiger partial charge in [0.15, 0.2) is 5.43 Å². The lowest BCUT2D eigenvalue weighted by atomic mass is 9.90. The Labute approximate surface area is 481 Å². The van der Waals surface area contributed by atoms with Gasteiger partial charge in [-0.2, -0.15) is 0 Å². The van der Waals surface area contributed by atoms with E-state index in [0.29, 0.717) is 74.7 Å². The van der Waals surface area contributed by atoms with Gasteiger partial charge in [-0.3, -0.25) is 19.2 Å². The fourth-order valence-electron chi connectivity index (χ4n) is 11.0. The Hall–Kier alpha value is -9.12. The average molecular weight is 1130 g/mol. The number of aromatic carboxylic acids is 1. The third kappa shape index (κ3) is 10.7. The van der Waals surface area contributed by atoms with Gasteiger partial charge >= 0.3 is 5.97 Å². The molecule has 2 aliphatic carbocycles. The maximum atomic E-state index is 14.8. The van der Waals surface area contributed by atoms with Crippen molar-refractivity contribution in [1.82, 2.24) is 14.4 Å². The van der Waals surface area contributed by atoms with E-state index in [0.717, 1.165) is 70.6 Å². The molecule has 3 amide bonds. The summed E-state index contributed by atoms with van der Waals surface area (Å²) in [6.45, 7) is 13.3. The van der Waals surface area contributed by atoms with Crippen LogP contribution < -0.4 is 25.6 Å². The number of fused-ring (bicyclic) bond motifs is 4. The van der Waals surface area contributed by atoms with Crippen LogP contribution in [0.5, 0.6) is 5.75 Å². The maximum Gasteiger partial charge on any atom is 0.336 e. The fraction of sp³-hybridized carbons (Fsp3) is 0.182.